The number of halogens is 4. The Bertz CT molecular complexity index is 1140. The number of alkyl halides is 3. The van der Waals surface area contributed by atoms with Crippen molar-refractivity contribution in [3.8, 4) is 11.4 Å². The zero-order valence-electron chi connectivity index (χ0n) is 17.1. The van der Waals surface area contributed by atoms with Gasteiger partial charge in [-0.2, -0.15) is 23.3 Å². The summed E-state index contributed by atoms with van der Waals surface area (Å²) in [6, 6.07) is 4.60. The van der Waals surface area contributed by atoms with Crippen molar-refractivity contribution in [3.63, 3.8) is 0 Å². The molecule has 176 valence electrons. The molecule has 2 aromatic heterocycles. The lowest BCUT2D eigenvalue weighted by atomic mass is 10.1. The fraction of sp³-hybridized carbons (Fsp3) is 0.316. The minimum absolute atomic E-state index is 0.0283. The molecule has 0 saturated carbocycles. The van der Waals surface area contributed by atoms with Crippen molar-refractivity contribution in [1.29, 1.82) is 0 Å². The minimum Gasteiger partial charge on any atom is -0.395 e. The highest BCUT2D eigenvalue weighted by molar-refractivity contribution is 5.93. The number of nitrogens with zero attached hydrogens (tertiary/aromatic N) is 4. The van der Waals surface area contributed by atoms with E-state index in [1.165, 1.54) is 18.2 Å². The quantitative estimate of drug-likeness (QED) is 0.426. The molecule has 1 atom stereocenters. The summed E-state index contributed by atoms with van der Waals surface area (Å²) in [5, 5.41) is 20.6. The van der Waals surface area contributed by atoms with Crippen molar-refractivity contribution < 1.29 is 36.8 Å². The number of hydrogen-bond acceptors (Lipinski definition) is 7. The van der Waals surface area contributed by atoms with Gasteiger partial charge in [-0.25, -0.2) is 4.39 Å². The lowest BCUT2D eigenvalue weighted by Crippen LogP contribution is -2.35. The van der Waals surface area contributed by atoms with Crippen LogP contribution in [0.1, 0.15) is 34.5 Å². The van der Waals surface area contributed by atoms with Crippen molar-refractivity contribution in [2.24, 2.45) is 7.05 Å². The number of aliphatic hydroxyl groups is 1. The van der Waals surface area contributed by atoms with Crippen molar-refractivity contribution >= 4 is 11.8 Å². The number of carbonyl (C=O) groups is 2. The van der Waals surface area contributed by atoms with Crippen molar-refractivity contribution in [3.05, 3.63) is 53.4 Å². The highest BCUT2D eigenvalue weighted by Gasteiger charge is 2.36. The van der Waals surface area contributed by atoms with E-state index in [1.54, 1.807) is 0 Å². The predicted octanol–water partition coefficient (Wildman–Crippen LogP) is 1.60. The maximum Gasteiger partial charge on any atom is 0.435 e. The van der Waals surface area contributed by atoms with Gasteiger partial charge in [-0.15, -0.1) is 0 Å². The second-order valence-electron chi connectivity index (χ2n) is 6.81. The van der Waals surface area contributed by atoms with Gasteiger partial charge in [0.2, 0.25) is 17.6 Å². The maximum absolute atomic E-state index is 13.5. The van der Waals surface area contributed by atoms with Crippen LogP contribution in [0.4, 0.5) is 17.6 Å². The van der Waals surface area contributed by atoms with Gasteiger partial charge in [0.1, 0.15) is 17.6 Å². The molecule has 0 fully saturated rings. The van der Waals surface area contributed by atoms with E-state index in [0.29, 0.717) is 6.07 Å². The molecule has 0 aliphatic carbocycles. The van der Waals surface area contributed by atoms with E-state index >= 15 is 0 Å². The molecule has 0 radical (unpaired) electrons. The summed E-state index contributed by atoms with van der Waals surface area (Å²) in [7, 11) is 1.15. The molecule has 0 saturated heterocycles. The zero-order valence-corrected chi connectivity index (χ0v) is 17.1. The monoisotopic (exact) mass is 470 g/mol. The van der Waals surface area contributed by atoms with Crippen molar-refractivity contribution in [1.82, 2.24) is 30.6 Å². The molecule has 33 heavy (non-hydrogen) atoms. The molecule has 2 heterocycles. The van der Waals surface area contributed by atoms with E-state index in [0.717, 1.165) is 17.8 Å². The van der Waals surface area contributed by atoms with Gasteiger partial charge in [-0.05, 0) is 12.1 Å². The van der Waals surface area contributed by atoms with E-state index < -0.39 is 47.7 Å². The predicted molar refractivity (Wildman–Crippen MR) is 103 cm³/mol. The normalized spacial score (nSPS) is 12.4. The molecule has 3 N–H and O–H groups in total. The molecule has 1 aromatic carbocycles. The number of carbonyl (C=O) groups excluding carboxylic acids is 2. The highest BCUT2D eigenvalue weighted by atomic mass is 19.4. The molecule has 3 aromatic rings. The Morgan fingerprint density at radius 3 is 2.67 bits per heavy atom. The van der Waals surface area contributed by atoms with Crippen LogP contribution in [0.2, 0.25) is 0 Å². The van der Waals surface area contributed by atoms with Crippen LogP contribution in [0.25, 0.3) is 11.4 Å². The molecular formula is C19H18F4N6O4. The first-order chi connectivity index (χ1) is 15.6. The highest BCUT2D eigenvalue weighted by Crippen LogP contribution is 2.28. The van der Waals surface area contributed by atoms with Crippen LogP contribution in [-0.2, 0) is 18.0 Å². The van der Waals surface area contributed by atoms with Gasteiger partial charge in [0.15, 0.2) is 5.69 Å². The minimum atomic E-state index is -4.76. The molecule has 0 spiro atoms. The second kappa shape index (κ2) is 9.77. The van der Waals surface area contributed by atoms with Gasteiger partial charge in [0.25, 0.3) is 5.91 Å². The molecule has 3 rings (SSSR count). The average Bonchev–Trinajstić information content (AvgIpc) is 3.39. The first-order valence-corrected chi connectivity index (χ1v) is 9.47. The van der Waals surface area contributed by atoms with Gasteiger partial charge < -0.3 is 20.3 Å². The van der Waals surface area contributed by atoms with Gasteiger partial charge >= 0.3 is 6.18 Å². The van der Waals surface area contributed by atoms with E-state index in [9.17, 15) is 27.2 Å². The summed E-state index contributed by atoms with van der Waals surface area (Å²) in [4.78, 5) is 28.9. The van der Waals surface area contributed by atoms with E-state index in [1.807, 2.05) is 0 Å². The SMILES string of the molecule is Cn1nc(C(F)(F)F)cc1C(=O)NC(CC(=O)NCCO)c1nc(-c2cccc(F)c2)no1. The molecule has 14 heteroatoms. The third-order valence-electron chi connectivity index (χ3n) is 4.35. The number of aryl methyl sites for hydroxylation is 1. The Labute approximate surface area is 183 Å². The maximum atomic E-state index is 13.5. The van der Waals surface area contributed by atoms with E-state index in [-0.39, 0.29) is 30.4 Å². The smallest absolute Gasteiger partial charge is 0.395 e. The second-order valence-corrected chi connectivity index (χ2v) is 6.81. The molecular weight excluding hydrogens is 452 g/mol. The molecule has 0 bridgehead atoms. The molecule has 0 aliphatic rings. The Balaban J connectivity index is 1.87. The van der Waals surface area contributed by atoms with Gasteiger partial charge in [0, 0.05) is 25.2 Å². The number of benzene rings is 1. The van der Waals surface area contributed by atoms with Gasteiger partial charge in [-0.1, -0.05) is 17.3 Å². The van der Waals surface area contributed by atoms with Gasteiger partial charge in [0.05, 0.1) is 13.0 Å². The Morgan fingerprint density at radius 1 is 1.27 bits per heavy atom. The van der Waals surface area contributed by atoms with Crippen LogP contribution >= 0.6 is 0 Å². The van der Waals surface area contributed by atoms with Crippen LogP contribution in [0.5, 0.6) is 0 Å². The largest absolute Gasteiger partial charge is 0.435 e. The summed E-state index contributed by atoms with van der Waals surface area (Å²) in [6.45, 7) is -0.392. The van der Waals surface area contributed by atoms with Crippen LogP contribution in [0, 0.1) is 5.82 Å². The van der Waals surface area contributed by atoms with Crippen LogP contribution in [0.15, 0.2) is 34.9 Å². The van der Waals surface area contributed by atoms with Crippen molar-refractivity contribution in [2.75, 3.05) is 13.2 Å². The average molecular weight is 470 g/mol. The Hall–Kier alpha value is -3.81. The van der Waals surface area contributed by atoms with E-state index in [2.05, 4.69) is 25.9 Å². The molecule has 1 unspecified atom stereocenters. The summed E-state index contributed by atoms with van der Waals surface area (Å²) in [5.41, 5.74) is -1.42. The first-order valence-electron chi connectivity index (χ1n) is 9.47. The summed E-state index contributed by atoms with van der Waals surface area (Å²) in [5.74, 6) is -2.41. The number of aromatic nitrogens is 4. The number of aliphatic hydroxyl groups excluding tert-OH is 1. The molecule has 2 amide bonds. The fourth-order valence-electron chi connectivity index (χ4n) is 2.83. The van der Waals surface area contributed by atoms with Crippen LogP contribution in [-0.4, -0.2) is 50.0 Å². The number of hydrogen-bond donors (Lipinski definition) is 3. The standard InChI is InChI=1S/C19H18F4N6O4/c1-29-13(9-14(27-29)19(21,22)23)17(32)25-12(8-15(31)24-5-6-30)18-26-16(28-33-18)10-3-2-4-11(20)7-10/h2-4,7,9,12,30H,5-6,8H2,1H3,(H,24,31)(H,25,32). The number of rotatable bonds is 8. The Kier molecular flexibility index (Phi) is 7.06. The first kappa shape index (κ1) is 23.8. The van der Waals surface area contributed by atoms with Crippen molar-refractivity contribution in [2.45, 2.75) is 18.6 Å². The molecule has 0 aliphatic heterocycles. The summed E-state index contributed by atoms with van der Waals surface area (Å²) < 4.78 is 58.1. The topological polar surface area (TPSA) is 135 Å². The number of amides is 2. The van der Waals surface area contributed by atoms with Gasteiger partial charge in [-0.3, -0.25) is 14.3 Å². The number of nitrogens with one attached hydrogen (secondary N) is 2. The zero-order chi connectivity index (χ0) is 24.2. The summed E-state index contributed by atoms with van der Waals surface area (Å²) >= 11 is 0. The Morgan fingerprint density at radius 2 is 2.03 bits per heavy atom. The lowest BCUT2D eigenvalue weighted by molar-refractivity contribution is -0.141. The van der Waals surface area contributed by atoms with Crippen LogP contribution in [0.3, 0.4) is 0 Å². The lowest BCUT2D eigenvalue weighted by Gasteiger charge is -2.14. The van der Waals surface area contributed by atoms with E-state index in [4.69, 9.17) is 9.63 Å². The summed E-state index contributed by atoms with van der Waals surface area (Å²) in [6.07, 6.45) is -5.19. The fourth-order valence-corrected chi connectivity index (χ4v) is 2.83. The third-order valence-corrected chi connectivity index (χ3v) is 4.35. The van der Waals surface area contributed by atoms with Crippen LogP contribution < -0.4 is 10.6 Å². The third kappa shape index (κ3) is 5.91. The molecule has 10 nitrogen and oxygen atoms in total.